The summed E-state index contributed by atoms with van der Waals surface area (Å²) in [5, 5.41) is 0. The first-order valence-electron chi connectivity index (χ1n) is 2.56. The minimum absolute atomic E-state index is 0. The summed E-state index contributed by atoms with van der Waals surface area (Å²) < 4.78 is 0. The fourth-order valence-corrected chi connectivity index (χ4v) is 0.334. The summed E-state index contributed by atoms with van der Waals surface area (Å²) in [6.07, 6.45) is 0.451. The molecule has 0 rings (SSSR count). The zero-order valence-electron chi connectivity index (χ0n) is 6.05. The van der Waals surface area contributed by atoms with Gasteiger partial charge < -0.3 is 16.8 Å². The van der Waals surface area contributed by atoms with Gasteiger partial charge in [0, 0.05) is 13.0 Å². The van der Waals surface area contributed by atoms with Crippen LogP contribution in [0, 0.1) is 0 Å². The number of nitrogens with zero attached hydrogens (tertiary/aromatic N) is 1. The van der Waals surface area contributed by atoms with E-state index in [-0.39, 0.29) is 12.1 Å². The molecule has 4 heteroatoms. The second-order valence-corrected chi connectivity index (χ2v) is 2.02. The van der Waals surface area contributed by atoms with Crippen molar-refractivity contribution >= 4 is 5.91 Å². The van der Waals surface area contributed by atoms with Crippen LogP contribution in [0.2, 0.25) is 0 Å². The van der Waals surface area contributed by atoms with Gasteiger partial charge >= 0.3 is 0 Å². The Morgan fingerprint density at radius 3 is 2.11 bits per heavy atom. The van der Waals surface area contributed by atoms with E-state index in [9.17, 15) is 4.79 Å². The zero-order valence-corrected chi connectivity index (χ0v) is 6.05. The van der Waals surface area contributed by atoms with E-state index in [1.54, 1.807) is 0 Å². The highest BCUT2D eigenvalue weighted by atomic mass is 16.1. The van der Waals surface area contributed by atoms with Gasteiger partial charge in [0.15, 0.2) is 0 Å². The van der Waals surface area contributed by atoms with Gasteiger partial charge in [-0.05, 0) is 14.1 Å². The smallest absolute Gasteiger partial charge is 0.218 e. The van der Waals surface area contributed by atoms with Crippen LogP contribution in [0.3, 0.4) is 0 Å². The fourth-order valence-electron chi connectivity index (χ4n) is 0.334. The summed E-state index contributed by atoms with van der Waals surface area (Å²) in [4.78, 5) is 12.0. The van der Waals surface area contributed by atoms with Crippen LogP contribution in [0.5, 0.6) is 0 Å². The molecule has 0 heterocycles. The second-order valence-electron chi connectivity index (χ2n) is 2.02. The third-order valence-corrected chi connectivity index (χ3v) is 0.805. The highest BCUT2D eigenvalue weighted by Crippen LogP contribution is 1.78. The van der Waals surface area contributed by atoms with Gasteiger partial charge in [-0.25, -0.2) is 0 Å². The molecule has 1 amide bonds. The number of primary amides is 1. The standard InChI is InChI=1S/C5H12N2O.H3N/c1-7(2)4-3-5(6)8;/h3-4H2,1-2H3,(H2,6,8);1H3. The number of hydrogen-bond acceptors (Lipinski definition) is 3. The molecule has 0 fully saturated rings. The lowest BCUT2D eigenvalue weighted by Crippen LogP contribution is -2.20. The lowest BCUT2D eigenvalue weighted by atomic mass is 10.4. The Hall–Kier alpha value is -0.610. The average molecular weight is 133 g/mol. The van der Waals surface area contributed by atoms with Crippen molar-refractivity contribution in [3.63, 3.8) is 0 Å². The molecule has 0 radical (unpaired) electrons. The van der Waals surface area contributed by atoms with Crippen molar-refractivity contribution in [3.05, 3.63) is 0 Å². The second kappa shape index (κ2) is 5.53. The number of nitrogens with two attached hydrogens (primary N) is 1. The Morgan fingerprint density at radius 2 is 2.00 bits per heavy atom. The third kappa shape index (κ3) is 11.1. The summed E-state index contributed by atoms with van der Waals surface area (Å²) >= 11 is 0. The molecule has 9 heavy (non-hydrogen) atoms. The van der Waals surface area contributed by atoms with Gasteiger partial charge in [-0.2, -0.15) is 0 Å². The summed E-state index contributed by atoms with van der Waals surface area (Å²) in [5.74, 6) is -0.237. The normalized spacial score (nSPS) is 8.78. The Bertz CT molecular complexity index is 82.3. The van der Waals surface area contributed by atoms with Crippen molar-refractivity contribution in [1.82, 2.24) is 11.1 Å². The maximum absolute atomic E-state index is 10.1. The highest BCUT2D eigenvalue weighted by Gasteiger charge is 1.93. The van der Waals surface area contributed by atoms with Crippen molar-refractivity contribution in [2.45, 2.75) is 6.42 Å². The van der Waals surface area contributed by atoms with Crippen LogP contribution >= 0.6 is 0 Å². The summed E-state index contributed by atoms with van der Waals surface area (Å²) in [6, 6.07) is 0. The summed E-state index contributed by atoms with van der Waals surface area (Å²) in [7, 11) is 3.81. The molecule has 0 aliphatic heterocycles. The Balaban J connectivity index is 0. The highest BCUT2D eigenvalue weighted by molar-refractivity contribution is 5.73. The monoisotopic (exact) mass is 133 g/mol. The Labute approximate surface area is 55.6 Å². The van der Waals surface area contributed by atoms with E-state index < -0.39 is 0 Å². The van der Waals surface area contributed by atoms with Crippen LogP contribution in [-0.4, -0.2) is 31.4 Å². The van der Waals surface area contributed by atoms with Crippen LogP contribution in [-0.2, 0) is 4.79 Å². The first-order valence-corrected chi connectivity index (χ1v) is 2.56. The minimum atomic E-state index is -0.237. The van der Waals surface area contributed by atoms with E-state index in [1.165, 1.54) is 0 Å². The molecular weight excluding hydrogens is 118 g/mol. The maximum atomic E-state index is 10.1. The van der Waals surface area contributed by atoms with Gasteiger partial charge in [-0.1, -0.05) is 0 Å². The van der Waals surface area contributed by atoms with E-state index in [1.807, 2.05) is 19.0 Å². The van der Waals surface area contributed by atoms with Crippen LogP contribution in [0.15, 0.2) is 0 Å². The van der Waals surface area contributed by atoms with Crippen molar-refractivity contribution in [3.8, 4) is 0 Å². The summed E-state index contributed by atoms with van der Waals surface area (Å²) in [5.41, 5.74) is 4.88. The fraction of sp³-hybridized carbons (Fsp3) is 0.800. The third-order valence-electron chi connectivity index (χ3n) is 0.805. The number of carbonyl (C=O) groups excluding carboxylic acids is 1. The predicted molar refractivity (Wildman–Crippen MR) is 37.4 cm³/mol. The van der Waals surface area contributed by atoms with Gasteiger partial charge in [0.2, 0.25) is 5.91 Å². The molecule has 0 aliphatic rings. The lowest BCUT2D eigenvalue weighted by molar-refractivity contribution is -0.118. The van der Waals surface area contributed by atoms with E-state index in [0.717, 1.165) is 6.54 Å². The first kappa shape index (κ1) is 11.2. The Morgan fingerprint density at radius 1 is 1.56 bits per heavy atom. The van der Waals surface area contributed by atoms with Crippen LogP contribution in [0.1, 0.15) is 6.42 Å². The Kier molecular flexibility index (Phi) is 6.89. The van der Waals surface area contributed by atoms with E-state index in [0.29, 0.717) is 6.42 Å². The molecule has 0 atom stereocenters. The largest absolute Gasteiger partial charge is 0.370 e. The van der Waals surface area contributed by atoms with E-state index in [4.69, 9.17) is 5.73 Å². The molecule has 0 bridgehead atoms. The van der Waals surface area contributed by atoms with Gasteiger partial charge in [0.05, 0.1) is 0 Å². The molecule has 0 aromatic carbocycles. The maximum Gasteiger partial charge on any atom is 0.218 e. The molecule has 0 spiro atoms. The number of carbonyl (C=O) groups is 1. The van der Waals surface area contributed by atoms with E-state index in [2.05, 4.69) is 0 Å². The van der Waals surface area contributed by atoms with Crippen LogP contribution in [0.4, 0.5) is 0 Å². The molecule has 0 aromatic rings. The number of rotatable bonds is 3. The SMILES string of the molecule is CN(C)CCC(N)=O.N. The number of hydrogen-bond donors (Lipinski definition) is 2. The average Bonchev–Trinajstić information content (AvgIpc) is 1.61. The van der Waals surface area contributed by atoms with Crippen molar-refractivity contribution in [1.29, 1.82) is 0 Å². The van der Waals surface area contributed by atoms with E-state index >= 15 is 0 Å². The summed E-state index contributed by atoms with van der Waals surface area (Å²) in [6.45, 7) is 0.745. The topological polar surface area (TPSA) is 81.3 Å². The molecule has 0 saturated carbocycles. The lowest BCUT2D eigenvalue weighted by Gasteiger charge is -2.05. The molecular formula is C5H15N3O. The molecule has 0 aromatic heterocycles. The van der Waals surface area contributed by atoms with Crippen LogP contribution in [0.25, 0.3) is 0 Å². The van der Waals surface area contributed by atoms with Crippen molar-refractivity contribution in [2.24, 2.45) is 5.73 Å². The minimum Gasteiger partial charge on any atom is -0.370 e. The number of amides is 1. The molecule has 4 nitrogen and oxygen atoms in total. The van der Waals surface area contributed by atoms with Crippen molar-refractivity contribution < 1.29 is 4.79 Å². The van der Waals surface area contributed by atoms with Crippen LogP contribution < -0.4 is 11.9 Å². The van der Waals surface area contributed by atoms with Gasteiger partial charge in [-0.15, -0.1) is 0 Å². The molecule has 0 unspecified atom stereocenters. The van der Waals surface area contributed by atoms with Gasteiger partial charge in [0.25, 0.3) is 0 Å². The zero-order chi connectivity index (χ0) is 6.57. The molecule has 5 N–H and O–H groups in total. The van der Waals surface area contributed by atoms with Gasteiger partial charge in [0.1, 0.15) is 0 Å². The molecule has 0 aliphatic carbocycles. The molecule has 0 saturated heterocycles. The van der Waals surface area contributed by atoms with Crippen molar-refractivity contribution in [2.75, 3.05) is 20.6 Å². The van der Waals surface area contributed by atoms with Gasteiger partial charge in [-0.3, -0.25) is 4.79 Å². The quantitative estimate of drug-likeness (QED) is 0.549. The first-order chi connectivity index (χ1) is 3.63. The predicted octanol–water partition coefficient (Wildman–Crippen LogP) is -0.415. The molecule has 56 valence electrons.